The van der Waals surface area contributed by atoms with Gasteiger partial charge in [-0.15, -0.1) is 0 Å². The Morgan fingerprint density at radius 2 is 1.76 bits per heavy atom. The molecule has 0 saturated carbocycles. The van der Waals surface area contributed by atoms with Gasteiger partial charge in [-0.3, -0.25) is 24.1 Å². The van der Waals surface area contributed by atoms with E-state index in [9.17, 15) is 24.0 Å². The van der Waals surface area contributed by atoms with Gasteiger partial charge in [-0.25, -0.2) is 4.79 Å². The van der Waals surface area contributed by atoms with Crippen molar-refractivity contribution in [1.82, 2.24) is 20.9 Å². The number of imide groups is 1. The Kier molecular flexibility index (Phi) is 6.92. The van der Waals surface area contributed by atoms with Crippen LogP contribution in [0.2, 0.25) is 0 Å². The van der Waals surface area contributed by atoms with Crippen LogP contribution < -0.4 is 16.0 Å². The number of amides is 5. The summed E-state index contributed by atoms with van der Waals surface area (Å²) >= 11 is 0. The number of urea groups is 1. The van der Waals surface area contributed by atoms with Crippen molar-refractivity contribution >= 4 is 29.7 Å². The number of likely N-dealkylation sites (N-methyl/N-ethyl adjacent to an activating group) is 1. The first kappa shape index (κ1) is 21.9. The first-order chi connectivity index (χ1) is 13.7. The largest absolute Gasteiger partial charge is 0.454 e. The second-order valence-corrected chi connectivity index (χ2v) is 6.70. The fraction of sp³-hybridized carbons (Fsp3) is 0.421. The molecular weight excluding hydrogens is 380 g/mol. The van der Waals surface area contributed by atoms with Gasteiger partial charge >= 0.3 is 12.0 Å². The van der Waals surface area contributed by atoms with E-state index in [2.05, 4.69) is 16.0 Å². The Hall–Kier alpha value is -3.43. The summed E-state index contributed by atoms with van der Waals surface area (Å²) in [5, 5.41) is 7.37. The topological polar surface area (TPSA) is 134 Å². The van der Waals surface area contributed by atoms with E-state index < -0.39 is 42.5 Å². The van der Waals surface area contributed by atoms with E-state index in [1.165, 1.54) is 0 Å². The summed E-state index contributed by atoms with van der Waals surface area (Å²) in [6.45, 7) is 4.12. The number of benzene rings is 1. The van der Waals surface area contributed by atoms with E-state index in [1.54, 1.807) is 26.0 Å². The lowest BCUT2D eigenvalue weighted by atomic mass is 9.91. The van der Waals surface area contributed by atoms with E-state index >= 15 is 0 Å². The highest BCUT2D eigenvalue weighted by Gasteiger charge is 2.49. The molecule has 0 unspecified atom stereocenters. The standard InChI is InChI=1S/C19H24N4O6/c1-4-20-14(24)9-21-15(25)11-29-16(26)10-23-17(27)19(3,22-18(23)28)13-7-5-12(2)6-8-13/h5-8H,4,9-11H2,1-3H3,(H,20,24)(H,21,25)(H,22,28)/t19-/m0/s1. The minimum Gasteiger partial charge on any atom is -0.454 e. The van der Waals surface area contributed by atoms with Gasteiger partial charge in [-0.05, 0) is 26.3 Å². The molecule has 1 fully saturated rings. The Balaban J connectivity index is 1.89. The molecule has 0 spiro atoms. The number of aryl methyl sites for hydroxylation is 1. The van der Waals surface area contributed by atoms with E-state index in [4.69, 9.17) is 4.74 Å². The maximum absolute atomic E-state index is 12.7. The molecule has 0 aromatic heterocycles. The summed E-state index contributed by atoms with van der Waals surface area (Å²) in [5.74, 6) is -2.56. The molecule has 29 heavy (non-hydrogen) atoms. The summed E-state index contributed by atoms with van der Waals surface area (Å²) in [7, 11) is 0. The molecule has 5 amide bonds. The molecule has 1 aliphatic rings. The average Bonchev–Trinajstić information content (AvgIpc) is 2.89. The molecule has 0 aliphatic carbocycles. The van der Waals surface area contributed by atoms with Crippen LogP contribution in [-0.4, -0.2) is 60.9 Å². The molecule has 10 nitrogen and oxygen atoms in total. The molecule has 0 radical (unpaired) electrons. The second-order valence-electron chi connectivity index (χ2n) is 6.70. The van der Waals surface area contributed by atoms with Crippen LogP contribution >= 0.6 is 0 Å². The SMILES string of the molecule is CCNC(=O)CNC(=O)COC(=O)CN1C(=O)N[C@@](C)(c2ccc(C)cc2)C1=O. The van der Waals surface area contributed by atoms with Crippen LogP contribution in [0, 0.1) is 6.92 Å². The minimum absolute atomic E-state index is 0.244. The molecule has 10 heteroatoms. The highest BCUT2D eigenvalue weighted by Crippen LogP contribution is 2.28. The summed E-state index contributed by atoms with van der Waals surface area (Å²) in [5.41, 5.74) is 0.289. The first-order valence-corrected chi connectivity index (χ1v) is 9.07. The highest BCUT2D eigenvalue weighted by atomic mass is 16.5. The smallest absolute Gasteiger partial charge is 0.326 e. The van der Waals surface area contributed by atoms with Gasteiger partial charge in [0.25, 0.3) is 11.8 Å². The van der Waals surface area contributed by atoms with E-state index in [0.29, 0.717) is 12.1 Å². The van der Waals surface area contributed by atoms with E-state index in [1.807, 2.05) is 19.1 Å². The van der Waals surface area contributed by atoms with Crippen LogP contribution in [0.15, 0.2) is 24.3 Å². The number of carbonyl (C=O) groups is 5. The fourth-order valence-corrected chi connectivity index (χ4v) is 2.73. The lowest BCUT2D eigenvalue weighted by Crippen LogP contribution is -2.42. The second kappa shape index (κ2) is 9.18. The van der Waals surface area contributed by atoms with Crippen LogP contribution in [0.1, 0.15) is 25.0 Å². The quantitative estimate of drug-likeness (QED) is 0.397. The van der Waals surface area contributed by atoms with Crippen molar-refractivity contribution in [2.24, 2.45) is 0 Å². The Morgan fingerprint density at radius 3 is 2.38 bits per heavy atom. The third-order valence-corrected chi connectivity index (χ3v) is 4.38. The Bertz CT molecular complexity index is 822. The Morgan fingerprint density at radius 1 is 1.10 bits per heavy atom. The molecule has 1 heterocycles. The number of nitrogens with one attached hydrogen (secondary N) is 3. The third-order valence-electron chi connectivity index (χ3n) is 4.38. The van der Waals surface area contributed by atoms with Crippen molar-refractivity contribution < 1.29 is 28.7 Å². The van der Waals surface area contributed by atoms with Crippen LogP contribution in [0.4, 0.5) is 4.79 Å². The molecule has 1 saturated heterocycles. The molecule has 1 aromatic carbocycles. The number of rotatable bonds is 8. The number of esters is 1. The van der Waals surface area contributed by atoms with Crippen molar-refractivity contribution in [3.8, 4) is 0 Å². The van der Waals surface area contributed by atoms with Crippen molar-refractivity contribution in [3.63, 3.8) is 0 Å². The summed E-state index contributed by atoms with van der Waals surface area (Å²) in [6.07, 6.45) is 0. The predicted octanol–water partition coefficient (Wildman–Crippen LogP) is -0.442. The normalized spacial score (nSPS) is 18.2. The number of carbonyl (C=O) groups excluding carboxylic acids is 5. The van der Waals surface area contributed by atoms with Gasteiger partial charge < -0.3 is 20.7 Å². The lowest BCUT2D eigenvalue weighted by molar-refractivity contribution is -0.151. The van der Waals surface area contributed by atoms with Gasteiger partial charge in [-0.1, -0.05) is 29.8 Å². The van der Waals surface area contributed by atoms with E-state index in [-0.39, 0.29) is 12.5 Å². The fourth-order valence-electron chi connectivity index (χ4n) is 2.73. The zero-order chi connectivity index (χ0) is 21.6. The average molecular weight is 404 g/mol. The van der Waals surface area contributed by atoms with Crippen LogP contribution in [0.3, 0.4) is 0 Å². The molecule has 1 aromatic rings. The number of nitrogens with zero attached hydrogens (tertiary/aromatic N) is 1. The first-order valence-electron chi connectivity index (χ1n) is 9.07. The van der Waals surface area contributed by atoms with Gasteiger partial charge in [0.2, 0.25) is 5.91 Å². The molecule has 0 bridgehead atoms. The molecule has 156 valence electrons. The van der Waals surface area contributed by atoms with E-state index in [0.717, 1.165) is 10.5 Å². The molecular formula is C19H24N4O6. The monoisotopic (exact) mass is 404 g/mol. The van der Waals surface area contributed by atoms with Crippen molar-refractivity contribution in [3.05, 3.63) is 35.4 Å². The number of hydrogen-bond donors (Lipinski definition) is 3. The number of hydrogen-bond acceptors (Lipinski definition) is 6. The molecule has 1 aliphatic heterocycles. The van der Waals surface area contributed by atoms with Gasteiger partial charge in [0.15, 0.2) is 6.61 Å². The predicted molar refractivity (Wildman–Crippen MR) is 101 cm³/mol. The van der Waals surface area contributed by atoms with Gasteiger partial charge in [0.1, 0.15) is 12.1 Å². The minimum atomic E-state index is -1.30. The summed E-state index contributed by atoms with van der Waals surface area (Å²) < 4.78 is 4.79. The number of ether oxygens (including phenoxy) is 1. The molecule has 3 N–H and O–H groups in total. The van der Waals surface area contributed by atoms with Crippen molar-refractivity contribution in [1.29, 1.82) is 0 Å². The van der Waals surface area contributed by atoms with Gasteiger partial charge in [0.05, 0.1) is 6.54 Å². The van der Waals surface area contributed by atoms with Crippen LogP contribution in [-0.2, 0) is 29.5 Å². The van der Waals surface area contributed by atoms with Crippen LogP contribution in [0.5, 0.6) is 0 Å². The zero-order valence-electron chi connectivity index (χ0n) is 16.5. The Labute approximate surface area is 168 Å². The zero-order valence-corrected chi connectivity index (χ0v) is 16.5. The van der Waals surface area contributed by atoms with Crippen LogP contribution in [0.25, 0.3) is 0 Å². The van der Waals surface area contributed by atoms with Gasteiger partial charge in [-0.2, -0.15) is 0 Å². The highest BCUT2D eigenvalue weighted by molar-refractivity contribution is 6.08. The third kappa shape index (κ3) is 5.31. The van der Waals surface area contributed by atoms with Crippen molar-refractivity contribution in [2.45, 2.75) is 26.3 Å². The summed E-state index contributed by atoms with van der Waals surface area (Å²) in [6, 6.07) is 6.37. The molecule has 1 atom stereocenters. The van der Waals surface area contributed by atoms with Gasteiger partial charge in [0, 0.05) is 6.54 Å². The van der Waals surface area contributed by atoms with Crippen molar-refractivity contribution in [2.75, 3.05) is 26.2 Å². The lowest BCUT2D eigenvalue weighted by Gasteiger charge is -2.22. The molecule has 2 rings (SSSR count). The maximum atomic E-state index is 12.7. The summed E-state index contributed by atoms with van der Waals surface area (Å²) in [4.78, 5) is 60.6. The maximum Gasteiger partial charge on any atom is 0.326 e.